The number of carbonyl (C=O) groups excluding carboxylic acids is 2. The summed E-state index contributed by atoms with van der Waals surface area (Å²) in [7, 11) is 1.46. The summed E-state index contributed by atoms with van der Waals surface area (Å²) in [5, 5.41) is 12.6. The van der Waals surface area contributed by atoms with E-state index in [0.29, 0.717) is 11.7 Å². The molecule has 0 radical (unpaired) electrons. The molecule has 0 aromatic heterocycles. The normalized spacial score (nSPS) is 20.6. The number of phenolic OH excluding ortho intramolecular Hbond substituents is 1. The molecular weight excluding hydrogens is 298 g/mol. The third-order valence-electron chi connectivity index (χ3n) is 4.22. The van der Waals surface area contributed by atoms with Gasteiger partial charge in [0.2, 0.25) is 0 Å². The predicted octanol–water partition coefficient (Wildman–Crippen LogP) is 2.25. The maximum atomic E-state index is 12.0. The Hall–Kier alpha value is -2.24. The number of amides is 1. The first kappa shape index (κ1) is 17.1. The lowest BCUT2D eigenvalue weighted by Crippen LogP contribution is -2.42. The van der Waals surface area contributed by atoms with Crippen molar-refractivity contribution < 1.29 is 24.2 Å². The highest BCUT2D eigenvalue weighted by Gasteiger charge is 2.23. The van der Waals surface area contributed by atoms with Crippen molar-refractivity contribution >= 4 is 11.9 Å². The van der Waals surface area contributed by atoms with E-state index in [4.69, 9.17) is 9.47 Å². The highest BCUT2D eigenvalue weighted by molar-refractivity contribution is 5.94. The highest BCUT2D eigenvalue weighted by Crippen LogP contribution is 2.24. The Morgan fingerprint density at radius 3 is 2.74 bits per heavy atom. The molecule has 1 amide bonds. The second kappa shape index (κ2) is 7.85. The van der Waals surface area contributed by atoms with Gasteiger partial charge in [0.05, 0.1) is 7.11 Å². The molecule has 6 heteroatoms. The first-order valence-corrected chi connectivity index (χ1v) is 7.84. The fourth-order valence-corrected chi connectivity index (χ4v) is 2.79. The van der Waals surface area contributed by atoms with Crippen LogP contribution in [0.2, 0.25) is 0 Å². The molecule has 0 bridgehead atoms. The minimum atomic E-state index is -0.756. The standard InChI is InChI=1S/C17H23NO5/c1-11-5-3-4-6-14(11)18-16(20)10-23-17(21)13-9-12(22-2)7-8-15(13)19/h7-9,11,14,19H,3-6,10H2,1-2H3,(H,18,20)/t11-,14+/m1/s1. The lowest BCUT2D eigenvalue weighted by atomic mass is 9.86. The molecule has 1 aliphatic rings. The van der Waals surface area contributed by atoms with Crippen LogP contribution >= 0.6 is 0 Å². The Morgan fingerprint density at radius 1 is 1.30 bits per heavy atom. The maximum absolute atomic E-state index is 12.0. The van der Waals surface area contributed by atoms with Crippen LogP contribution in [-0.2, 0) is 9.53 Å². The zero-order chi connectivity index (χ0) is 16.8. The molecule has 1 aromatic carbocycles. The lowest BCUT2D eigenvalue weighted by Gasteiger charge is -2.29. The molecule has 23 heavy (non-hydrogen) atoms. The number of methoxy groups -OCH3 is 1. The molecule has 2 rings (SSSR count). The quantitative estimate of drug-likeness (QED) is 0.813. The van der Waals surface area contributed by atoms with E-state index in [1.54, 1.807) is 0 Å². The van der Waals surface area contributed by atoms with Crippen LogP contribution in [0.15, 0.2) is 18.2 Å². The van der Waals surface area contributed by atoms with Crippen LogP contribution in [0.5, 0.6) is 11.5 Å². The van der Waals surface area contributed by atoms with Crippen molar-refractivity contribution in [3.63, 3.8) is 0 Å². The van der Waals surface area contributed by atoms with E-state index < -0.39 is 5.97 Å². The highest BCUT2D eigenvalue weighted by atomic mass is 16.5. The number of rotatable bonds is 5. The molecule has 0 unspecified atom stereocenters. The van der Waals surface area contributed by atoms with Gasteiger partial charge in [0, 0.05) is 6.04 Å². The first-order valence-electron chi connectivity index (χ1n) is 7.84. The van der Waals surface area contributed by atoms with Gasteiger partial charge in [-0.1, -0.05) is 19.8 Å². The minimum absolute atomic E-state index is 0.0248. The molecule has 1 saturated carbocycles. The van der Waals surface area contributed by atoms with Crippen molar-refractivity contribution in [3.05, 3.63) is 23.8 Å². The van der Waals surface area contributed by atoms with Gasteiger partial charge in [-0.3, -0.25) is 4.79 Å². The third kappa shape index (κ3) is 4.61. The molecule has 2 N–H and O–H groups in total. The van der Waals surface area contributed by atoms with Gasteiger partial charge in [0.1, 0.15) is 17.1 Å². The second-order valence-corrected chi connectivity index (χ2v) is 5.89. The van der Waals surface area contributed by atoms with Crippen LogP contribution in [0.3, 0.4) is 0 Å². The van der Waals surface area contributed by atoms with Gasteiger partial charge >= 0.3 is 5.97 Å². The van der Waals surface area contributed by atoms with E-state index >= 15 is 0 Å². The molecule has 1 fully saturated rings. The number of aromatic hydroxyl groups is 1. The molecule has 126 valence electrons. The fourth-order valence-electron chi connectivity index (χ4n) is 2.79. The van der Waals surface area contributed by atoms with Gasteiger partial charge in [-0.05, 0) is 37.0 Å². The fraction of sp³-hybridized carbons (Fsp3) is 0.529. The number of hydrogen-bond acceptors (Lipinski definition) is 5. The summed E-state index contributed by atoms with van der Waals surface area (Å²) in [6.07, 6.45) is 4.35. The van der Waals surface area contributed by atoms with E-state index in [1.165, 1.54) is 31.7 Å². The van der Waals surface area contributed by atoms with Crippen LogP contribution in [0, 0.1) is 5.92 Å². The molecule has 0 spiro atoms. The van der Waals surface area contributed by atoms with Gasteiger partial charge in [0.15, 0.2) is 6.61 Å². The summed E-state index contributed by atoms with van der Waals surface area (Å²) >= 11 is 0. The van der Waals surface area contributed by atoms with Crippen molar-refractivity contribution in [2.75, 3.05) is 13.7 Å². The summed E-state index contributed by atoms with van der Waals surface area (Å²) in [5.41, 5.74) is -0.0248. The number of hydrogen-bond donors (Lipinski definition) is 2. The molecule has 0 saturated heterocycles. The molecule has 2 atom stereocenters. The predicted molar refractivity (Wildman–Crippen MR) is 84.5 cm³/mol. The second-order valence-electron chi connectivity index (χ2n) is 5.89. The Morgan fingerprint density at radius 2 is 2.04 bits per heavy atom. The van der Waals surface area contributed by atoms with Gasteiger partial charge in [0.25, 0.3) is 5.91 Å². The summed E-state index contributed by atoms with van der Waals surface area (Å²) < 4.78 is 9.98. The van der Waals surface area contributed by atoms with Crippen LogP contribution in [0.1, 0.15) is 43.0 Å². The third-order valence-corrected chi connectivity index (χ3v) is 4.22. The smallest absolute Gasteiger partial charge is 0.342 e. The Balaban J connectivity index is 1.87. The molecule has 1 aliphatic carbocycles. The average Bonchev–Trinajstić information content (AvgIpc) is 2.55. The van der Waals surface area contributed by atoms with Crippen molar-refractivity contribution in [1.82, 2.24) is 5.32 Å². The monoisotopic (exact) mass is 321 g/mol. The van der Waals surface area contributed by atoms with Crippen LogP contribution < -0.4 is 10.1 Å². The van der Waals surface area contributed by atoms with Gasteiger partial charge in [-0.2, -0.15) is 0 Å². The maximum Gasteiger partial charge on any atom is 0.342 e. The van der Waals surface area contributed by atoms with Gasteiger partial charge in [-0.15, -0.1) is 0 Å². The summed E-state index contributed by atoms with van der Waals surface area (Å²) in [5.74, 6) is -0.425. The van der Waals surface area contributed by atoms with Crippen molar-refractivity contribution in [2.24, 2.45) is 5.92 Å². The molecule has 0 aliphatic heterocycles. The topological polar surface area (TPSA) is 84.9 Å². The average molecular weight is 321 g/mol. The van der Waals surface area contributed by atoms with Crippen molar-refractivity contribution in [3.8, 4) is 11.5 Å². The number of benzene rings is 1. The van der Waals surface area contributed by atoms with E-state index in [1.807, 2.05) is 0 Å². The van der Waals surface area contributed by atoms with Crippen molar-refractivity contribution in [1.29, 1.82) is 0 Å². The number of ether oxygens (including phenoxy) is 2. The van der Waals surface area contributed by atoms with Gasteiger partial charge < -0.3 is 19.9 Å². The number of nitrogens with one attached hydrogen (secondary N) is 1. The van der Waals surface area contributed by atoms with Crippen LogP contribution in [0.25, 0.3) is 0 Å². The summed E-state index contributed by atoms with van der Waals surface area (Å²) in [6, 6.07) is 4.39. The van der Waals surface area contributed by atoms with Crippen LogP contribution in [0.4, 0.5) is 0 Å². The number of esters is 1. The SMILES string of the molecule is COc1ccc(O)c(C(=O)OCC(=O)N[C@H]2CCCC[C@H]2C)c1. The number of phenols is 1. The van der Waals surface area contributed by atoms with E-state index in [9.17, 15) is 14.7 Å². The van der Waals surface area contributed by atoms with E-state index in [2.05, 4.69) is 12.2 Å². The van der Waals surface area contributed by atoms with E-state index in [-0.39, 0.29) is 29.9 Å². The first-order chi connectivity index (χ1) is 11.0. The summed E-state index contributed by atoms with van der Waals surface area (Å²) in [4.78, 5) is 23.9. The zero-order valence-corrected chi connectivity index (χ0v) is 13.5. The zero-order valence-electron chi connectivity index (χ0n) is 13.5. The van der Waals surface area contributed by atoms with Gasteiger partial charge in [-0.25, -0.2) is 4.79 Å². The summed E-state index contributed by atoms with van der Waals surface area (Å²) in [6.45, 7) is 1.75. The van der Waals surface area contributed by atoms with Crippen LogP contribution in [-0.4, -0.2) is 36.7 Å². The molecule has 1 aromatic rings. The van der Waals surface area contributed by atoms with Crippen molar-refractivity contribution in [2.45, 2.75) is 38.6 Å². The Kier molecular flexibility index (Phi) is 5.84. The molecule has 6 nitrogen and oxygen atoms in total. The number of carbonyl (C=O) groups is 2. The Labute approximate surface area is 135 Å². The van der Waals surface area contributed by atoms with E-state index in [0.717, 1.165) is 19.3 Å². The Bertz CT molecular complexity index is 572. The largest absolute Gasteiger partial charge is 0.507 e. The molecular formula is C17H23NO5. The molecule has 0 heterocycles. The lowest BCUT2D eigenvalue weighted by molar-refractivity contribution is -0.125. The minimum Gasteiger partial charge on any atom is -0.507 e.